The van der Waals surface area contributed by atoms with E-state index in [-0.39, 0.29) is 24.3 Å². The number of amides is 2. The first kappa shape index (κ1) is 16.9. The molecule has 0 aliphatic carbocycles. The van der Waals surface area contributed by atoms with Gasteiger partial charge in [0.1, 0.15) is 5.82 Å². The lowest BCUT2D eigenvalue weighted by atomic mass is 10.1. The van der Waals surface area contributed by atoms with Crippen molar-refractivity contribution in [1.82, 2.24) is 10.2 Å². The number of rotatable bonds is 7. The summed E-state index contributed by atoms with van der Waals surface area (Å²) >= 11 is 0. The molecule has 0 aliphatic heterocycles. The molecule has 1 rings (SSSR count). The Morgan fingerprint density at radius 1 is 1.33 bits per heavy atom. The number of hydrogen-bond acceptors (Lipinski definition) is 2. The highest BCUT2D eigenvalue weighted by Crippen LogP contribution is 2.05. The van der Waals surface area contributed by atoms with E-state index < -0.39 is 5.97 Å². The Balaban J connectivity index is 2.43. The molecule has 1 atom stereocenters. The summed E-state index contributed by atoms with van der Waals surface area (Å²) in [7, 11) is 0. The monoisotopic (exact) mass is 296 g/mol. The molecule has 21 heavy (non-hydrogen) atoms. The largest absolute Gasteiger partial charge is 0.481 e. The van der Waals surface area contributed by atoms with Crippen LogP contribution in [0.2, 0.25) is 0 Å². The molecular weight excluding hydrogens is 275 g/mol. The molecule has 0 saturated carbocycles. The first-order valence-electron chi connectivity index (χ1n) is 6.94. The predicted molar refractivity (Wildman–Crippen MR) is 77.6 cm³/mol. The molecule has 2 amide bonds. The van der Waals surface area contributed by atoms with Crippen molar-refractivity contribution in [3.63, 3.8) is 0 Å². The smallest absolute Gasteiger partial charge is 0.317 e. The number of halogens is 1. The van der Waals surface area contributed by atoms with Gasteiger partial charge in [-0.3, -0.25) is 4.79 Å². The molecule has 0 spiro atoms. The normalized spacial score (nSPS) is 11.8. The summed E-state index contributed by atoms with van der Waals surface area (Å²) in [5.41, 5.74) is 0.929. The van der Waals surface area contributed by atoms with E-state index in [2.05, 4.69) is 5.32 Å². The Morgan fingerprint density at radius 2 is 1.95 bits per heavy atom. The van der Waals surface area contributed by atoms with Crippen LogP contribution in [0.4, 0.5) is 9.18 Å². The van der Waals surface area contributed by atoms with Gasteiger partial charge >= 0.3 is 12.0 Å². The van der Waals surface area contributed by atoms with Crippen LogP contribution in [-0.4, -0.2) is 41.1 Å². The van der Waals surface area contributed by atoms with Gasteiger partial charge in [-0.1, -0.05) is 12.1 Å². The number of carbonyl (C=O) groups is 2. The van der Waals surface area contributed by atoms with Crippen molar-refractivity contribution in [2.45, 2.75) is 32.7 Å². The Kier molecular flexibility index (Phi) is 6.65. The lowest BCUT2D eigenvalue weighted by Crippen LogP contribution is -2.46. The number of carbonyl (C=O) groups excluding carboxylic acids is 1. The van der Waals surface area contributed by atoms with Crippen LogP contribution in [-0.2, 0) is 11.2 Å². The summed E-state index contributed by atoms with van der Waals surface area (Å²) < 4.78 is 12.8. The molecule has 0 bridgehead atoms. The number of urea groups is 1. The molecule has 6 heteroatoms. The Labute approximate surface area is 123 Å². The van der Waals surface area contributed by atoms with Gasteiger partial charge in [0.05, 0.1) is 6.42 Å². The lowest BCUT2D eigenvalue weighted by molar-refractivity contribution is -0.138. The van der Waals surface area contributed by atoms with Crippen molar-refractivity contribution in [3.8, 4) is 0 Å². The van der Waals surface area contributed by atoms with E-state index in [1.807, 2.05) is 0 Å². The molecule has 0 aromatic heterocycles. The number of nitrogens with zero attached hydrogens (tertiary/aromatic N) is 1. The van der Waals surface area contributed by atoms with Crippen LogP contribution >= 0.6 is 0 Å². The van der Waals surface area contributed by atoms with Crippen LogP contribution in [0, 0.1) is 5.82 Å². The summed E-state index contributed by atoms with van der Waals surface area (Å²) in [6.45, 7) is 4.37. The highest BCUT2D eigenvalue weighted by atomic mass is 19.1. The number of hydrogen-bond donors (Lipinski definition) is 2. The average molecular weight is 296 g/mol. The van der Waals surface area contributed by atoms with E-state index in [1.54, 1.807) is 26.0 Å². The lowest BCUT2D eigenvalue weighted by Gasteiger charge is -2.27. The van der Waals surface area contributed by atoms with E-state index in [0.29, 0.717) is 19.5 Å². The predicted octanol–water partition coefficient (Wildman–Crippen LogP) is 2.26. The number of carboxylic acid groups (broad SMARTS) is 1. The molecular formula is C15H21FN2O3. The fourth-order valence-electron chi connectivity index (χ4n) is 2.08. The van der Waals surface area contributed by atoms with Crippen molar-refractivity contribution in [3.05, 3.63) is 35.6 Å². The van der Waals surface area contributed by atoms with E-state index in [4.69, 9.17) is 5.11 Å². The summed E-state index contributed by atoms with van der Waals surface area (Å²) in [6, 6.07) is 5.46. The fraction of sp³-hybridized carbons (Fsp3) is 0.467. The van der Waals surface area contributed by atoms with Gasteiger partial charge in [-0.15, -0.1) is 0 Å². The first-order chi connectivity index (χ1) is 9.93. The maximum atomic E-state index is 12.8. The number of nitrogens with one attached hydrogen (secondary N) is 1. The van der Waals surface area contributed by atoms with Gasteiger partial charge in [-0.25, -0.2) is 9.18 Å². The van der Waals surface area contributed by atoms with Crippen molar-refractivity contribution < 1.29 is 19.1 Å². The zero-order chi connectivity index (χ0) is 15.8. The van der Waals surface area contributed by atoms with Crippen LogP contribution in [0.25, 0.3) is 0 Å². The highest BCUT2D eigenvalue weighted by Gasteiger charge is 2.20. The molecule has 1 aromatic rings. The maximum Gasteiger partial charge on any atom is 0.317 e. The van der Waals surface area contributed by atoms with Crippen LogP contribution in [0.15, 0.2) is 24.3 Å². The second kappa shape index (κ2) is 8.24. The third-order valence-corrected chi connectivity index (χ3v) is 3.21. The van der Waals surface area contributed by atoms with Crippen LogP contribution < -0.4 is 5.32 Å². The zero-order valence-corrected chi connectivity index (χ0v) is 12.3. The molecule has 0 saturated heterocycles. The topological polar surface area (TPSA) is 69.6 Å². The molecule has 0 aliphatic rings. The van der Waals surface area contributed by atoms with Crippen LogP contribution in [0.3, 0.4) is 0 Å². The molecule has 116 valence electrons. The van der Waals surface area contributed by atoms with Crippen molar-refractivity contribution in [2.75, 3.05) is 13.1 Å². The molecule has 0 fully saturated rings. The van der Waals surface area contributed by atoms with Crippen molar-refractivity contribution in [2.24, 2.45) is 0 Å². The quantitative estimate of drug-likeness (QED) is 0.811. The van der Waals surface area contributed by atoms with E-state index in [0.717, 1.165) is 5.56 Å². The zero-order valence-electron chi connectivity index (χ0n) is 12.3. The maximum absolute atomic E-state index is 12.8. The third-order valence-electron chi connectivity index (χ3n) is 3.21. The minimum absolute atomic E-state index is 0.0841. The van der Waals surface area contributed by atoms with Crippen LogP contribution in [0.5, 0.6) is 0 Å². The van der Waals surface area contributed by atoms with Gasteiger partial charge in [0, 0.05) is 19.1 Å². The standard InChI is InChI=1S/C15H21FN2O3/c1-3-18(11(2)10-14(19)20)15(21)17-9-8-12-4-6-13(16)7-5-12/h4-7,11H,3,8-10H2,1-2H3,(H,17,21)(H,19,20). The molecule has 5 nitrogen and oxygen atoms in total. The third kappa shape index (κ3) is 5.81. The van der Waals surface area contributed by atoms with E-state index >= 15 is 0 Å². The van der Waals surface area contributed by atoms with Gasteiger partial charge in [0.2, 0.25) is 0 Å². The summed E-state index contributed by atoms with van der Waals surface area (Å²) in [5.74, 6) is -1.22. The number of benzene rings is 1. The van der Waals surface area contributed by atoms with Crippen LogP contribution in [0.1, 0.15) is 25.8 Å². The Morgan fingerprint density at radius 3 is 2.48 bits per heavy atom. The minimum Gasteiger partial charge on any atom is -0.481 e. The Bertz CT molecular complexity index is 476. The molecule has 0 radical (unpaired) electrons. The first-order valence-corrected chi connectivity index (χ1v) is 6.94. The summed E-state index contributed by atoms with van der Waals surface area (Å²) in [4.78, 5) is 24.2. The molecule has 0 heterocycles. The van der Waals surface area contributed by atoms with Gasteiger partial charge in [-0.2, -0.15) is 0 Å². The second-order valence-electron chi connectivity index (χ2n) is 4.84. The average Bonchev–Trinajstić information content (AvgIpc) is 2.41. The van der Waals surface area contributed by atoms with E-state index in [1.165, 1.54) is 17.0 Å². The second-order valence-corrected chi connectivity index (χ2v) is 4.84. The van der Waals surface area contributed by atoms with Gasteiger partial charge < -0.3 is 15.3 Å². The van der Waals surface area contributed by atoms with Gasteiger partial charge in [0.25, 0.3) is 0 Å². The fourth-order valence-corrected chi connectivity index (χ4v) is 2.08. The summed E-state index contributed by atoms with van der Waals surface area (Å²) in [5, 5.41) is 11.5. The van der Waals surface area contributed by atoms with Crippen molar-refractivity contribution >= 4 is 12.0 Å². The minimum atomic E-state index is -0.930. The molecule has 1 unspecified atom stereocenters. The SMILES string of the molecule is CCN(C(=O)NCCc1ccc(F)cc1)C(C)CC(=O)O. The molecule has 2 N–H and O–H groups in total. The summed E-state index contributed by atoms with van der Waals surface area (Å²) in [6.07, 6.45) is 0.510. The van der Waals surface area contributed by atoms with Gasteiger partial charge in [-0.05, 0) is 38.0 Å². The Hall–Kier alpha value is -2.11. The van der Waals surface area contributed by atoms with E-state index in [9.17, 15) is 14.0 Å². The number of aliphatic carboxylic acids is 1. The number of carboxylic acids is 1. The van der Waals surface area contributed by atoms with Crippen molar-refractivity contribution in [1.29, 1.82) is 0 Å². The van der Waals surface area contributed by atoms with Gasteiger partial charge in [0.15, 0.2) is 0 Å². The molecule has 1 aromatic carbocycles. The highest BCUT2D eigenvalue weighted by molar-refractivity contribution is 5.75.